The fourth-order valence-electron chi connectivity index (χ4n) is 6.53. The number of hydrogen-bond acceptors (Lipinski definition) is 10. The van der Waals surface area contributed by atoms with E-state index in [4.69, 9.17) is 5.73 Å². The molecule has 0 fully saturated rings. The molecule has 0 spiro atoms. The van der Waals surface area contributed by atoms with Crippen molar-refractivity contribution in [2.45, 2.75) is 129 Å². The standard InChI is InChI=1S/C43H67BN4O8/c1-7-8-13-32-16-18-33(19-17-32)34-20-22-35(23-21-34)38(50)28-36(14-10-12-25-48(5)6)43(54)47-41(31(4)49)40(52)26-29(2)42(53)46-37(15-9-11-24-45)39(51)27-30(3)44(55)56/h16-23,29-31,36-37,41,49,55-56H,7-15,24-28,45H2,1-6H3,(H,46,53)(H,47,54)/t29-,30-,31-,36-,37+,41+/m1/s1. The first kappa shape index (κ1) is 48.4. The number of aliphatic hydroxyl groups is 1. The molecule has 310 valence electrons. The van der Waals surface area contributed by atoms with Gasteiger partial charge in [-0.1, -0.05) is 82.1 Å². The zero-order valence-electron chi connectivity index (χ0n) is 34.5. The van der Waals surface area contributed by atoms with Gasteiger partial charge in [0.05, 0.1) is 12.1 Å². The van der Waals surface area contributed by atoms with Gasteiger partial charge in [0.25, 0.3) is 0 Å². The van der Waals surface area contributed by atoms with Gasteiger partial charge in [-0.2, -0.15) is 0 Å². The molecule has 0 aliphatic rings. The van der Waals surface area contributed by atoms with Crippen molar-refractivity contribution in [2.24, 2.45) is 17.6 Å². The Bertz CT molecular complexity index is 1520. The number of nitrogens with two attached hydrogens (primary N) is 1. The molecule has 0 aliphatic heterocycles. The average Bonchev–Trinajstić information content (AvgIpc) is 3.16. The second-order valence-electron chi connectivity index (χ2n) is 15.7. The lowest BCUT2D eigenvalue weighted by molar-refractivity contribution is -0.135. The van der Waals surface area contributed by atoms with Crippen LogP contribution in [0.15, 0.2) is 48.5 Å². The summed E-state index contributed by atoms with van der Waals surface area (Å²) in [5.41, 5.74) is 9.40. The highest BCUT2D eigenvalue weighted by atomic mass is 16.4. The largest absolute Gasteiger partial charge is 0.454 e. The van der Waals surface area contributed by atoms with Crippen LogP contribution in [-0.2, 0) is 25.6 Å². The van der Waals surface area contributed by atoms with Gasteiger partial charge < -0.3 is 36.4 Å². The van der Waals surface area contributed by atoms with E-state index >= 15 is 0 Å². The van der Waals surface area contributed by atoms with E-state index in [1.54, 1.807) is 12.1 Å². The number of unbranched alkanes of at least 4 members (excludes halogenated alkanes) is 3. The Morgan fingerprint density at radius 3 is 1.91 bits per heavy atom. The first-order chi connectivity index (χ1) is 26.6. The van der Waals surface area contributed by atoms with E-state index in [9.17, 15) is 39.1 Å². The molecule has 2 aromatic rings. The predicted octanol–water partition coefficient (Wildman–Crippen LogP) is 4.51. The van der Waals surface area contributed by atoms with E-state index in [0.717, 1.165) is 43.4 Å². The molecule has 0 bridgehead atoms. The van der Waals surface area contributed by atoms with Crippen molar-refractivity contribution in [2.75, 3.05) is 27.2 Å². The zero-order valence-corrected chi connectivity index (χ0v) is 34.5. The average molecular weight is 779 g/mol. The second kappa shape index (κ2) is 25.5. The van der Waals surface area contributed by atoms with E-state index in [-0.39, 0.29) is 30.8 Å². The quantitative estimate of drug-likeness (QED) is 0.0406. The van der Waals surface area contributed by atoms with E-state index in [1.165, 1.54) is 26.3 Å². The van der Waals surface area contributed by atoms with Crippen LogP contribution >= 0.6 is 0 Å². The molecule has 0 unspecified atom stereocenters. The third-order valence-electron chi connectivity index (χ3n) is 10.3. The molecular formula is C43H67BN4O8. The first-order valence-corrected chi connectivity index (χ1v) is 20.4. The Kier molecular flexibility index (Phi) is 22.0. The zero-order chi connectivity index (χ0) is 41.8. The molecular weight excluding hydrogens is 711 g/mol. The third kappa shape index (κ3) is 17.2. The summed E-state index contributed by atoms with van der Waals surface area (Å²) in [5, 5.41) is 35.0. The van der Waals surface area contributed by atoms with Crippen LogP contribution in [0.1, 0.15) is 114 Å². The van der Waals surface area contributed by atoms with Crippen molar-refractivity contribution in [1.82, 2.24) is 15.5 Å². The topological polar surface area (TPSA) is 199 Å². The minimum atomic E-state index is -1.69. The minimum Gasteiger partial charge on any atom is -0.427 e. The molecule has 7 N–H and O–H groups in total. The lowest BCUT2D eigenvalue weighted by Gasteiger charge is -2.25. The number of hydrogen-bond donors (Lipinski definition) is 6. The summed E-state index contributed by atoms with van der Waals surface area (Å²) < 4.78 is 0. The summed E-state index contributed by atoms with van der Waals surface area (Å²) in [6, 6.07) is 13.5. The van der Waals surface area contributed by atoms with Gasteiger partial charge >= 0.3 is 7.12 Å². The Morgan fingerprint density at radius 2 is 1.36 bits per heavy atom. The molecule has 2 amide bonds. The molecule has 0 heterocycles. The number of aliphatic hydroxyl groups excluding tert-OH is 1. The van der Waals surface area contributed by atoms with Crippen molar-refractivity contribution in [3.8, 4) is 11.1 Å². The maximum absolute atomic E-state index is 13.8. The number of nitrogens with one attached hydrogen (secondary N) is 2. The highest BCUT2D eigenvalue weighted by Crippen LogP contribution is 2.24. The Morgan fingerprint density at radius 1 is 0.750 bits per heavy atom. The molecule has 2 aromatic carbocycles. The van der Waals surface area contributed by atoms with Gasteiger partial charge in [0.2, 0.25) is 11.8 Å². The molecule has 0 saturated carbocycles. The number of aryl methyl sites for hydroxylation is 1. The maximum Gasteiger partial charge on any atom is 0.454 e. The lowest BCUT2D eigenvalue weighted by Crippen LogP contribution is -2.51. The summed E-state index contributed by atoms with van der Waals surface area (Å²) in [5.74, 6) is -4.61. The fraction of sp³-hybridized carbons (Fsp3) is 0.605. The summed E-state index contributed by atoms with van der Waals surface area (Å²) in [4.78, 5) is 69.2. The lowest BCUT2D eigenvalue weighted by atomic mass is 9.71. The molecule has 13 heteroatoms. The molecule has 0 aliphatic carbocycles. The normalized spacial score (nSPS) is 14.6. The molecule has 0 saturated heterocycles. The van der Waals surface area contributed by atoms with Crippen LogP contribution in [0.25, 0.3) is 11.1 Å². The Hall–Kier alpha value is -3.75. The molecule has 56 heavy (non-hydrogen) atoms. The van der Waals surface area contributed by atoms with Gasteiger partial charge in [-0.25, -0.2) is 0 Å². The van der Waals surface area contributed by atoms with Gasteiger partial charge in [-0.3, -0.25) is 24.0 Å². The van der Waals surface area contributed by atoms with Gasteiger partial charge in [0.1, 0.15) is 6.04 Å². The number of ketones is 3. The summed E-state index contributed by atoms with van der Waals surface area (Å²) in [7, 11) is 2.23. The van der Waals surface area contributed by atoms with Crippen LogP contribution < -0.4 is 16.4 Å². The van der Waals surface area contributed by atoms with Gasteiger partial charge in [0, 0.05) is 36.7 Å². The molecule has 0 aromatic heterocycles. The number of Topliss-reactive ketones (excluding diaryl/α,β-unsaturated/α-hetero) is 3. The van der Waals surface area contributed by atoms with E-state index < -0.39 is 60.6 Å². The Labute approximate surface area is 334 Å². The predicted molar refractivity (Wildman–Crippen MR) is 222 cm³/mol. The Balaban J connectivity index is 2.15. The van der Waals surface area contributed by atoms with Crippen LogP contribution in [-0.4, -0.2) is 102 Å². The van der Waals surface area contributed by atoms with Gasteiger partial charge in [-0.05, 0) is 102 Å². The molecule has 0 radical (unpaired) electrons. The highest BCUT2D eigenvalue weighted by molar-refractivity contribution is 6.43. The van der Waals surface area contributed by atoms with Crippen LogP contribution in [0.2, 0.25) is 5.82 Å². The van der Waals surface area contributed by atoms with Crippen LogP contribution in [0.3, 0.4) is 0 Å². The molecule has 2 rings (SSSR count). The van der Waals surface area contributed by atoms with Crippen LogP contribution in [0.4, 0.5) is 0 Å². The van der Waals surface area contributed by atoms with Crippen molar-refractivity contribution < 1.29 is 39.1 Å². The van der Waals surface area contributed by atoms with Crippen molar-refractivity contribution >= 4 is 36.3 Å². The number of benzene rings is 2. The van der Waals surface area contributed by atoms with E-state index in [2.05, 4.69) is 41.8 Å². The number of carbonyl (C=O) groups is 5. The first-order valence-electron chi connectivity index (χ1n) is 20.4. The number of amides is 2. The number of rotatable bonds is 28. The monoisotopic (exact) mass is 779 g/mol. The van der Waals surface area contributed by atoms with Crippen molar-refractivity contribution in [3.63, 3.8) is 0 Å². The SMILES string of the molecule is CCCCc1ccc(-c2ccc(C(=O)C[C@@H](CCCCN(C)C)C(=O)N[C@H](C(=O)C[C@@H](C)C(=O)N[C@@H](CCCCN)C(=O)C[C@@H](C)B(O)O)[C@@H](C)O)cc2)cc1. The van der Waals surface area contributed by atoms with Crippen LogP contribution in [0, 0.1) is 11.8 Å². The fourth-order valence-corrected chi connectivity index (χ4v) is 6.53. The number of nitrogens with zero attached hydrogens (tertiary/aromatic N) is 1. The molecule has 12 nitrogen and oxygen atoms in total. The van der Waals surface area contributed by atoms with Gasteiger partial charge in [-0.15, -0.1) is 0 Å². The summed E-state index contributed by atoms with van der Waals surface area (Å²) >= 11 is 0. The third-order valence-corrected chi connectivity index (χ3v) is 10.3. The van der Waals surface area contributed by atoms with Gasteiger partial charge in [0.15, 0.2) is 17.3 Å². The number of carbonyl (C=O) groups excluding carboxylic acids is 5. The smallest absolute Gasteiger partial charge is 0.427 e. The van der Waals surface area contributed by atoms with E-state index in [0.29, 0.717) is 44.2 Å². The summed E-state index contributed by atoms with van der Waals surface area (Å²) in [6.45, 7) is 7.81. The maximum atomic E-state index is 13.8. The summed E-state index contributed by atoms with van der Waals surface area (Å²) in [6.07, 6.45) is 4.84. The highest BCUT2D eigenvalue weighted by Gasteiger charge is 2.33. The molecule has 6 atom stereocenters. The van der Waals surface area contributed by atoms with Crippen molar-refractivity contribution in [1.29, 1.82) is 0 Å². The van der Waals surface area contributed by atoms with Crippen molar-refractivity contribution in [3.05, 3.63) is 59.7 Å². The van der Waals surface area contributed by atoms with E-state index in [1.807, 2.05) is 31.1 Å². The minimum absolute atomic E-state index is 0.0791. The van der Waals surface area contributed by atoms with Crippen LogP contribution in [0.5, 0.6) is 0 Å². The second-order valence-corrected chi connectivity index (χ2v) is 15.7.